The summed E-state index contributed by atoms with van der Waals surface area (Å²) in [6.45, 7) is 1.29. The van der Waals surface area contributed by atoms with Crippen LogP contribution in [0.5, 0.6) is 0 Å². The van der Waals surface area contributed by atoms with Crippen molar-refractivity contribution in [1.82, 2.24) is 0 Å². The summed E-state index contributed by atoms with van der Waals surface area (Å²) in [6, 6.07) is 0. The first-order valence-corrected chi connectivity index (χ1v) is 10.3. The lowest BCUT2D eigenvalue weighted by atomic mass is 9.59. The highest BCUT2D eigenvalue weighted by Crippen LogP contribution is 2.70. The number of hydrogen-bond acceptors (Lipinski definition) is 4. The first-order valence-electron chi connectivity index (χ1n) is 10.3. The zero-order valence-electron chi connectivity index (χ0n) is 18.8. The number of fused-ring (bicyclic) bond motifs is 2. The van der Waals surface area contributed by atoms with Gasteiger partial charge in [-0.2, -0.15) is 52.7 Å². The average molecular weight is 578 g/mol. The van der Waals surface area contributed by atoms with E-state index >= 15 is 0 Å². The Hall–Kier alpha value is -1.59. The van der Waals surface area contributed by atoms with E-state index in [0.29, 0.717) is 13.8 Å². The molecule has 2 rings (SSSR count). The first kappa shape index (κ1) is 31.6. The number of carbonyl (C=O) groups is 1. The molecule has 218 valence electrons. The van der Waals surface area contributed by atoms with Gasteiger partial charge in [-0.05, 0) is 32.6 Å². The minimum absolute atomic E-state index is 0.194. The second-order valence-corrected chi connectivity index (χ2v) is 9.79. The zero-order valence-corrected chi connectivity index (χ0v) is 18.8. The quantitative estimate of drug-likeness (QED) is 0.331. The molecule has 0 aliphatic heterocycles. The number of halogens is 14. The van der Waals surface area contributed by atoms with Crippen LogP contribution in [0.3, 0.4) is 0 Å². The van der Waals surface area contributed by atoms with E-state index in [4.69, 9.17) is 4.74 Å². The molecule has 6 unspecified atom stereocenters. The molecule has 0 aromatic heterocycles. The summed E-state index contributed by atoms with van der Waals surface area (Å²) < 4.78 is 195. The van der Waals surface area contributed by atoms with Gasteiger partial charge in [-0.15, -0.1) is 0 Å². The van der Waals surface area contributed by atoms with Gasteiger partial charge in [0.25, 0.3) is 17.1 Å². The third-order valence-corrected chi connectivity index (χ3v) is 7.48. The molecular formula is C19H20F14O4. The molecular weight excluding hydrogens is 558 g/mol. The number of alkyl halides is 14. The molecule has 2 N–H and O–H groups in total. The third kappa shape index (κ3) is 4.62. The van der Waals surface area contributed by atoms with Crippen LogP contribution in [0.15, 0.2) is 0 Å². The molecule has 37 heavy (non-hydrogen) atoms. The minimum atomic E-state index is -6.94. The third-order valence-electron chi connectivity index (χ3n) is 7.48. The van der Waals surface area contributed by atoms with Crippen molar-refractivity contribution in [2.45, 2.75) is 81.0 Å². The first-order chi connectivity index (χ1) is 16.0. The molecule has 0 saturated heterocycles. The Labute approximate surface area is 198 Å². The SMILES string of the molecule is CC(C(=O)OC1(C)CC2CC1C(C(O)(C(F)(F)F)C(F)(F)F)C2C(O)(C(F)(F)F)C(F)(F)F)C(C)(F)F. The monoisotopic (exact) mass is 578 g/mol. The van der Waals surface area contributed by atoms with Crippen molar-refractivity contribution in [2.75, 3.05) is 0 Å². The smallest absolute Gasteiger partial charge is 0.426 e. The maximum atomic E-state index is 13.7. The standard InChI is InChI=1S/C19H20F14O4/c1-6(13(3,20)21)11(34)37-12(2)5-7-4-8(12)10(15(36,18(28,29)30)19(31,32)33)9(7)14(35,16(22,23)24)17(25,26)27/h6-10,35-36H,4-5H2,1-3H3. The lowest BCUT2D eigenvalue weighted by Gasteiger charge is -2.53. The van der Waals surface area contributed by atoms with E-state index in [1.165, 1.54) is 0 Å². The highest BCUT2D eigenvalue weighted by molar-refractivity contribution is 5.73. The Kier molecular flexibility index (Phi) is 7.23. The van der Waals surface area contributed by atoms with Crippen molar-refractivity contribution in [1.29, 1.82) is 0 Å². The number of carbonyl (C=O) groups excluding carboxylic acids is 1. The summed E-state index contributed by atoms with van der Waals surface area (Å²) in [5.74, 6) is -21.4. The van der Waals surface area contributed by atoms with E-state index in [1.807, 2.05) is 0 Å². The van der Waals surface area contributed by atoms with E-state index in [0.717, 1.165) is 0 Å². The Bertz CT molecular complexity index is 856. The fourth-order valence-electron chi connectivity index (χ4n) is 5.55. The number of aliphatic hydroxyl groups is 2. The molecule has 0 aromatic rings. The van der Waals surface area contributed by atoms with E-state index in [1.54, 1.807) is 0 Å². The fourth-order valence-corrected chi connectivity index (χ4v) is 5.55. The van der Waals surface area contributed by atoms with Gasteiger partial charge in [0.2, 0.25) is 0 Å². The van der Waals surface area contributed by atoms with Crippen LogP contribution < -0.4 is 0 Å². The lowest BCUT2D eigenvalue weighted by molar-refractivity contribution is -0.429. The van der Waals surface area contributed by atoms with Gasteiger partial charge in [-0.3, -0.25) is 4.79 Å². The number of hydrogen-bond donors (Lipinski definition) is 2. The molecule has 2 aliphatic rings. The van der Waals surface area contributed by atoms with Crippen molar-refractivity contribution in [2.24, 2.45) is 29.6 Å². The van der Waals surface area contributed by atoms with Crippen LogP contribution in [0.25, 0.3) is 0 Å². The molecule has 0 radical (unpaired) electrons. The second kappa shape index (κ2) is 8.45. The second-order valence-electron chi connectivity index (χ2n) is 9.79. The predicted octanol–water partition coefficient (Wildman–Crippen LogP) is 5.56. The molecule has 2 aliphatic carbocycles. The molecule has 0 heterocycles. The highest BCUT2D eigenvalue weighted by atomic mass is 19.4. The molecule has 0 spiro atoms. The van der Waals surface area contributed by atoms with Crippen molar-refractivity contribution in [3.05, 3.63) is 0 Å². The summed E-state index contributed by atoms with van der Waals surface area (Å²) in [5, 5.41) is 19.7. The van der Waals surface area contributed by atoms with Gasteiger partial charge in [0.1, 0.15) is 11.5 Å². The van der Waals surface area contributed by atoms with Gasteiger partial charge in [0.15, 0.2) is 0 Å². The van der Waals surface area contributed by atoms with E-state index in [9.17, 15) is 76.5 Å². The fraction of sp³-hybridized carbons (Fsp3) is 0.947. The van der Waals surface area contributed by atoms with Gasteiger partial charge >= 0.3 is 30.7 Å². The number of esters is 1. The molecule has 18 heteroatoms. The van der Waals surface area contributed by atoms with Crippen LogP contribution in [0.4, 0.5) is 61.5 Å². The Balaban J connectivity index is 2.81. The van der Waals surface area contributed by atoms with Gasteiger partial charge in [-0.25, -0.2) is 8.78 Å². The van der Waals surface area contributed by atoms with Crippen LogP contribution in [0.1, 0.15) is 33.6 Å². The maximum Gasteiger partial charge on any atom is 0.426 e. The normalized spacial score (nSPS) is 31.0. The Morgan fingerprint density at radius 3 is 1.46 bits per heavy atom. The minimum Gasteiger partial charge on any atom is -0.459 e. The van der Waals surface area contributed by atoms with Crippen molar-refractivity contribution in [3.8, 4) is 0 Å². The molecule has 2 saturated carbocycles. The van der Waals surface area contributed by atoms with Crippen molar-refractivity contribution < 1.29 is 81.2 Å². The van der Waals surface area contributed by atoms with E-state index in [2.05, 4.69) is 0 Å². The molecule has 2 fully saturated rings. The molecule has 4 nitrogen and oxygen atoms in total. The van der Waals surface area contributed by atoms with Crippen molar-refractivity contribution in [3.63, 3.8) is 0 Å². The molecule has 2 bridgehead atoms. The molecule has 6 atom stereocenters. The van der Waals surface area contributed by atoms with Crippen LogP contribution in [-0.4, -0.2) is 63.6 Å². The van der Waals surface area contributed by atoms with E-state index < -0.39 is 95.8 Å². The maximum absolute atomic E-state index is 13.7. The van der Waals surface area contributed by atoms with Gasteiger partial charge in [0.05, 0.1) is 0 Å². The number of ether oxygens (including phenoxy) is 1. The van der Waals surface area contributed by atoms with Gasteiger partial charge < -0.3 is 14.9 Å². The largest absolute Gasteiger partial charge is 0.459 e. The molecule has 0 amide bonds. The summed E-state index contributed by atoms with van der Waals surface area (Å²) in [4.78, 5) is 12.2. The summed E-state index contributed by atoms with van der Waals surface area (Å²) in [6.07, 6.45) is -30.2. The van der Waals surface area contributed by atoms with Gasteiger partial charge in [0, 0.05) is 24.7 Å². The van der Waals surface area contributed by atoms with Gasteiger partial charge in [-0.1, -0.05) is 0 Å². The van der Waals surface area contributed by atoms with Crippen LogP contribution in [0.2, 0.25) is 0 Å². The summed E-state index contributed by atoms with van der Waals surface area (Å²) in [7, 11) is 0. The zero-order chi connectivity index (χ0) is 29.6. The Morgan fingerprint density at radius 2 is 1.14 bits per heavy atom. The number of rotatable bonds is 5. The predicted molar refractivity (Wildman–Crippen MR) is 91.6 cm³/mol. The van der Waals surface area contributed by atoms with Crippen molar-refractivity contribution >= 4 is 5.97 Å². The Morgan fingerprint density at radius 1 is 0.784 bits per heavy atom. The highest BCUT2D eigenvalue weighted by Gasteiger charge is 2.87. The molecule has 0 aromatic carbocycles. The van der Waals surface area contributed by atoms with Crippen LogP contribution in [0, 0.1) is 29.6 Å². The van der Waals surface area contributed by atoms with E-state index in [-0.39, 0.29) is 6.92 Å². The summed E-state index contributed by atoms with van der Waals surface area (Å²) >= 11 is 0. The van der Waals surface area contributed by atoms with Crippen LogP contribution >= 0.6 is 0 Å². The topological polar surface area (TPSA) is 66.8 Å². The lowest BCUT2D eigenvalue weighted by Crippen LogP contribution is -2.73. The summed E-state index contributed by atoms with van der Waals surface area (Å²) in [5.41, 5.74) is -15.2. The average Bonchev–Trinajstić information content (AvgIpc) is 3.16. The van der Waals surface area contributed by atoms with Crippen LogP contribution in [-0.2, 0) is 9.53 Å².